The molecule has 0 radical (unpaired) electrons. The Hall–Kier alpha value is -0.300. The molecule has 1 unspecified atom stereocenters. The molecule has 0 aliphatic heterocycles. The quantitative estimate of drug-likeness (QED) is 0.586. The van der Waals surface area contributed by atoms with E-state index in [1.165, 1.54) is 12.0 Å². The fourth-order valence-corrected chi connectivity index (χ4v) is 1.08. The Labute approximate surface area is 70.7 Å². The van der Waals surface area contributed by atoms with Gasteiger partial charge in [-0.15, -0.1) is 0 Å². The van der Waals surface area contributed by atoms with Crippen LogP contribution in [0.4, 0.5) is 0 Å². The van der Waals surface area contributed by atoms with Crippen molar-refractivity contribution in [2.45, 2.75) is 52.0 Å². The zero-order valence-electron chi connectivity index (χ0n) is 7.90. The van der Waals surface area contributed by atoms with Crippen LogP contribution in [0.5, 0.6) is 0 Å². The normalized spacial score (nSPS) is 13.0. The van der Waals surface area contributed by atoms with Crippen LogP contribution in [-0.2, 0) is 0 Å². The topological polar surface area (TPSA) is 26.0 Å². The van der Waals surface area contributed by atoms with Crippen molar-refractivity contribution in [1.82, 2.24) is 0 Å². The zero-order chi connectivity index (χ0) is 8.69. The molecule has 11 heavy (non-hydrogen) atoms. The van der Waals surface area contributed by atoms with Crippen molar-refractivity contribution in [1.29, 1.82) is 0 Å². The largest absolute Gasteiger partial charge is 0.328 e. The van der Waals surface area contributed by atoms with Crippen LogP contribution in [0.3, 0.4) is 0 Å². The van der Waals surface area contributed by atoms with E-state index in [0.717, 1.165) is 25.7 Å². The number of nitrogens with two attached hydrogens (primary N) is 1. The molecule has 0 aliphatic carbocycles. The predicted octanol–water partition coefficient (Wildman–Crippen LogP) is 2.86. The summed E-state index contributed by atoms with van der Waals surface area (Å²) >= 11 is 0. The third kappa shape index (κ3) is 6.11. The second kappa shape index (κ2) is 6.41. The molecule has 0 aromatic heterocycles. The molecule has 2 N–H and O–H groups in total. The summed E-state index contributed by atoms with van der Waals surface area (Å²) in [5, 5.41) is 0. The highest BCUT2D eigenvalue weighted by atomic mass is 14.6. The first-order valence-electron chi connectivity index (χ1n) is 4.62. The predicted molar refractivity (Wildman–Crippen MR) is 51.5 cm³/mol. The summed E-state index contributed by atoms with van der Waals surface area (Å²) in [4.78, 5) is 0. The highest BCUT2D eigenvalue weighted by Crippen LogP contribution is 2.09. The van der Waals surface area contributed by atoms with E-state index in [9.17, 15) is 0 Å². The minimum absolute atomic E-state index is 0.392. The van der Waals surface area contributed by atoms with E-state index in [1.54, 1.807) is 0 Å². The molecule has 0 aromatic carbocycles. The van der Waals surface area contributed by atoms with Crippen molar-refractivity contribution in [3.63, 3.8) is 0 Å². The Bertz CT molecular complexity index is 107. The van der Waals surface area contributed by atoms with E-state index in [2.05, 4.69) is 20.4 Å². The molecule has 0 rings (SSSR count). The van der Waals surface area contributed by atoms with Gasteiger partial charge in [0.2, 0.25) is 0 Å². The fourth-order valence-electron chi connectivity index (χ4n) is 1.08. The monoisotopic (exact) mass is 155 g/mol. The van der Waals surface area contributed by atoms with Crippen molar-refractivity contribution in [2.75, 3.05) is 0 Å². The first-order chi connectivity index (χ1) is 5.20. The molecule has 66 valence electrons. The molecule has 1 heteroatoms. The third-order valence-corrected chi connectivity index (χ3v) is 2.03. The van der Waals surface area contributed by atoms with Crippen LogP contribution in [0.2, 0.25) is 0 Å². The van der Waals surface area contributed by atoms with Crippen molar-refractivity contribution < 1.29 is 0 Å². The maximum atomic E-state index is 5.85. The van der Waals surface area contributed by atoms with Crippen LogP contribution < -0.4 is 5.73 Å². The van der Waals surface area contributed by atoms with E-state index >= 15 is 0 Å². The summed E-state index contributed by atoms with van der Waals surface area (Å²) in [6.07, 6.45) is 5.66. The van der Waals surface area contributed by atoms with Gasteiger partial charge in [-0.25, -0.2) is 0 Å². The minimum atomic E-state index is 0.392. The first-order valence-corrected chi connectivity index (χ1v) is 4.62. The van der Waals surface area contributed by atoms with Gasteiger partial charge >= 0.3 is 0 Å². The summed E-state index contributed by atoms with van der Waals surface area (Å²) in [5.41, 5.74) is 7.18. The molecule has 0 spiro atoms. The highest BCUT2D eigenvalue weighted by Gasteiger charge is 2.00. The SMILES string of the molecule is C=C(CC)CCC(N)CCC. The molecule has 1 nitrogen and oxygen atoms in total. The van der Waals surface area contributed by atoms with Gasteiger partial charge in [-0.1, -0.05) is 32.4 Å². The van der Waals surface area contributed by atoms with Gasteiger partial charge in [0.05, 0.1) is 0 Å². The van der Waals surface area contributed by atoms with Crippen LogP contribution in [0.15, 0.2) is 12.2 Å². The zero-order valence-corrected chi connectivity index (χ0v) is 7.90. The average molecular weight is 155 g/mol. The highest BCUT2D eigenvalue weighted by molar-refractivity contribution is 4.92. The van der Waals surface area contributed by atoms with Crippen molar-refractivity contribution in [3.05, 3.63) is 12.2 Å². The minimum Gasteiger partial charge on any atom is -0.328 e. The molecular weight excluding hydrogens is 134 g/mol. The van der Waals surface area contributed by atoms with Crippen LogP contribution in [0.1, 0.15) is 46.0 Å². The molecular formula is C10H21N. The van der Waals surface area contributed by atoms with Crippen LogP contribution in [-0.4, -0.2) is 6.04 Å². The fraction of sp³-hybridized carbons (Fsp3) is 0.800. The average Bonchev–Trinajstić information content (AvgIpc) is 2.01. The third-order valence-electron chi connectivity index (χ3n) is 2.03. The molecule has 0 saturated carbocycles. The molecule has 0 bridgehead atoms. The maximum absolute atomic E-state index is 5.85. The molecule has 0 aliphatic rings. The second-order valence-corrected chi connectivity index (χ2v) is 3.19. The van der Waals surface area contributed by atoms with Crippen molar-refractivity contribution in [2.24, 2.45) is 5.73 Å². The number of hydrogen-bond donors (Lipinski definition) is 1. The van der Waals surface area contributed by atoms with Crippen LogP contribution >= 0.6 is 0 Å². The van der Waals surface area contributed by atoms with Gasteiger partial charge < -0.3 is 5.73 Å². The lowest BCUT2D eigenvalue weighted by Gasteiger charge is -2.09. The smallest absolute Gasteiger partial charge is 0.00417 e. The Morgan fingerprint density at radius 1 is 1.36 bits per heavy atom. The Kier molecular flexibility index (Phi) is 6.24. The lowest BCUT2D eigenvalue weighted by Crippen LogP contribution is -2.19. The van der Waals surface area contributed by atoms with E-state index in [0.29, 0.717) is 6.04 Å². The number of hydrogen-bond acceptors (Lipinski definition) is 1. The molecule has 0 amide bonds. The lowest BCUT2D eigenvalue weighted by molar-refractivity contribution is 0.557. The lowest BCUT2D eigenvalue weighted by atomic mass is 10.0. The Balaban J connectivity index is 3.29. The van der Waals surface area contributed by atoms with Crippen LogP contribution in [0, 0.1) is 0 Å². The van der Waals surface area contributed by atoms with Crippen molar-refractivity contribution in [3.8, 4) is 0 Å². The van der Waals surface area contributed by atoms with E-state index in [-0.39, 0.29) is 0 Å². The Morgan fingerprint density at radius 3 is 2.45 bits per heavy atom. The maximum Gasteiger partial charge on any atom is 0.00417 e. The number of rotatable bonds is 6. The van der Waals surface area contributed by atoms with E-state index < -0.39 is 0 Å². The van der Waals surface area contributed by atoms with Gasteiger partial charge in [0.15, 0.2) is 0 Å². The summed E-state index contributed by atoms with van der Waals surface area (Å²) in [7, 11) is 0. The molecule has 0 fully saturated rings. The summed E-state index contributed by atoms with van der Waals surface area (Å²) in [5.74, 6) is 0. The summed E-state index contributed by atoms with van der Waals surface area (Å²) in [6.45, 7) is 8.27. The van der Waals surface area contributed by atoms with Gasteiger partial charge in [0, 0.05) is 6.04 Å². The van der Waals surface area contributed by atoms with E-state index in [1.807, 2.05) is 0 Å². The summed E-state index contributed by atoms with van der Waals surface area (Å²) < 4.78 is 0. The second-order valence-electron chi connectivity index (χ2n) is 3.19. The van der Waals surface area contributed by atoms with Gasteiger partial charge in [0.25, 0.3) is 0 Å². The molecule has 0 heterocycles. The van der Waals surface area contributed by atoms with Gasteiger partial charge in [-0.3, -0.25) is 0 Å². The Morgan fingerprint density at radius 2 is 2.00 bits per heavy atom. The van der Waals surface area contributed by atoms with Gasteiger partial charge in [-0.05, 0) is 25.7 Å². The van der Waals surface area contributed by atoms with Gasteiger partial charge in [-0.2, -0.15) is 0 Å². The van der Waals surface area contributed by atoms with Gasteiger partial charge in [0.1, 0.15) is 0 Å². The standard InChI is InChI=1S/C10H21N/c1-4-6-10(11)8-7-9(3)5-2/h10H,3-8,11H2,1-2H3. The van der Waals surface area contributed by atoms with Crippen molar-refractivity contribution >= 4 is 0 Å². The molecule has 1 atom stereocenters. The molecule has 0 aromatic rings. The summed E-state index contributed by atoms with van der Waals surface area (Å²) in [6, 6.07) is 0.392. The van der Waals surface area contributed by atoms with Crippen LogP contribution in [0.25, 0.3) is 0 Å². The van der Waals surface area contributed by atoms with E-state index in [4.69, 9.17) is 5.73 Å². The molecule has 0 saturated heterocycles. The first kappa shape index (κ1) is 10.7. The number of allylic oxidation sites excluding steroid dienone is 1.